The van der Waals surface area contributed by atoms with Crippen molar-refractivity contribution >= 4 is 17.0 Å². The Labute approximate surface area is 92.9 Å². The maximum absolute atomic E-state index is 11.9. The summed E-state index contributed by atoms with van der Waals surface area (Å²) in [6, 6.07) is 11.3. The van der Waals surface area contributed by atoms with Crippen LogP contribution in [0.25, 0.3) is 17.0 Å². The Balaban J connectivity index is 2.80. The Morgan fingerprint density at radius 3 is 2.88 bits per heavy atom. The van der Waals surface area contributed by atoms with Crippen LogP contribution in [0.4, 0.5) is 0 Å². The minimum atomic E-state index is -0.0924. The van der Waals surface area contributed by atoms with E-state index in [-0.39, 0.29) is 5.56 Å². The van der Waals surface area contributed by atoms with Crippen LogP contribution in [0, 0.1) is 11.3 Å². The van der Waals surface area contributed by atoms with E-state index in [9.17, 15) is 4.79 Å². The number of aryl methyl sites for hydroxylation is 1. The summed E-state index contributed by atoms with van der Waals surface area (Å²) in [6.45, 7) is 0. The van der Waals surface area contributed by atoms with Crippen LogP contribution in [0.5, 0.6) is 0 Å². The number of nitrogens with zero attached hydrogens (tertiary/aromatic N) is 2. The fourth-order valence-corrected chi connectivity index (χ4v) is 1.69. The minimum absolute atomic E-state index is 0.0924. The van der Waals surface area contributed by atoms with E-state index in [1.165, 1.54) is 12.2 Å². The van der Waals surface area contributed by atoms with E-state index in [1.54, 1.807) is 17.7 Å². The van der Waals surface area contributed by atoms with Gasteiger partial charge >= 0.3 is 0 Å². The van der Waals surface area contributed by atoms with Crippen LogP contribution in [0.15, 0.2) is 41.2 Å². The molecule has 0 unspecified atom stereocenters. The third kappa shape index (κ3) is 1.61. The molecule has 0 aliphatic carbocycles. The van der Waals surface area contributed by atoms with E-state index in [0.717, 1.165) is 10.9 Å². The molecule has 0 spiro atoms. The highest BCUT2D eigenvalue weighted by molar-refractivity contribution is 5.81. The van der Waals surface area contributed by atoms with Gasteiger partial charge in [0.15, 0.2) is 0 Å². The second-order valence-electron chi connectivity index (χ2n) is 3.49. The lowest BCUT2D eigenvalue weighted by atomic mass is 10.1. The third-order valence-corrected chi connectivity index (χ3v) is 2.50. The van der Waals surface area contributed by atoms with Crippen LogP contribution in [-0.4, -0.2) is 4.57 Å². The SMILES string of the molecule is Cn1c(=O)c(/C=C/C#N)cc2ccccc21. The lowest BCUT2D eigenvalue weighted by Crippen LogP contribution is -2.19. The van der Waals surface area contributed by atoms with Crippen molar-refractivity contribution in [3.05, 3.63) is 52.3 Å². The number of allylic oxidation sites excluding steroid dienone is 1. The average molecular weight is 210 g/mol. The molecule has 0 atom stereocenters. The van der Waals surface area contributed by atoms with Crippen molar-refractivity contribution in [1.29, 1.82) is 5.26 Å². The molecule has 0 aliphatic heterocycles. The van der Waals surface area contributed by atoms with Crippen LogP contribution < -0.4 is 5.56 Å². The molecule has 3 heteroatoms. The number of rotatable bonds is 1. The summed E-state index contributed by atoms with van der Waals surface area (Å²) in [7, 11) is 1.73. The molecule has 1 heterocycles. The largest absolute Gasteiger partial charge is 0.311 e. The van der Waals surface area contributed by atoms with Crippen molar-refractivity contribution in [1.82, 2.24) is 4.57 Å². The molecule has 0 aliphatic rings. The summed E-state index contributed by atoms with van der Waals surface area (Å²) < 4.78 is 1.59. The zero-order valence-electron chi connectivity index (χ0n) is 8.84. The van der Waals surface area contributed by atoms with Gasteiger partial charge < -0.3 is 4.57 Å². The molecule has 0 saturated carbocycles. The van der Waals surface area contributed by atoms with Gasteiger partial charge in [0.25, 0.3) is 5.56 Å². The number of aromatic nitrogens is 1. The number of hydrogen-bond donors (Lipinski definition) is 0. The minimum Gasteiger partial charge on any atom is -0.311 e. The predicted molar refractivity (Wildman–Crippen MR) is 63.8 cm³/mol. The lowest BCUT2D eigenvalue weighted by Gasteiger charge is -2.05. The summed E-state index contributed by atoms with van der Waals surface area (Å²) in [5.74, 6) is 0. The van der Waals surface area contributed by atoms with Gasteiger partial charge in [-0.2, -0.15) is 5.26 Å². The summed E-state index contributed by atoms with van der Waals surface area (Å²) in [4.78, 5) is 11.9. The van der Waals surface area contributed by atoms with Gasteiger partial charge in [-0.15, -0.1) is 0 Å². The topological polar surface area (TPSA) is 45.8 Å². The number of fused-ring (bicyclic) bond motifs is 1. The molecule has 1 aromatic carbocycles. The fourth-order valence-electron chi connectivity index (χ4n) is 1.69. The highest BCUT2D eigenvalue weighted by Crippen LogP contribution is 2.12. The first-order chi connectivity index (χ1) is 7.74. The highest BCUT2D eigenvalue weighted by Gasteiger charge is 2.02. The van der Waals surface area contributed by atoms with Gasteiger partial charge in [-0.25, -0.2) is 0 Å². The summed E-state index contributed by atoms with van der Waals surface area (Å²) in [5, 5.41) is 9.44. The molecule has 2 aromatic rings. The number of hydrogen-bond acceptors (Lipinski definition) is 2. The van der Waals surface area contributed by atoms with Gasteiger partial charge in [-0.05, 0) is 23.6 Å². The van der Waals surface area contributed by atoms with Crippen molar-refractivity contribution in [2.24, 2.45) is 7.05 Å². The van der Waals surface area contributed by atoms with Gasteiger partial charge in [-0.3, -0.25) is 4.79 Å². The Bertz CT molecular complexity index is 660. The predicted octanol–water partition coefficient (Wildman–Crippen LogP) is 2.08. The van der Waals surface area contributed by atoms with Gasteiger partial charge in [0, 0.05) is 18.7 Å². The second kappa shape index (κ2) is 4.03. The number of nitriles is 1. The molecule has 78 valence electrons. The first-order valence-corrected chi connectivity index (χ1v) is 4.89. The molecule has 0 N–H and O–H groups in total. The van der Waals surface area contributed by atoms with Gasteiger partial charge in [0.2, 0.25) is 0 Å². The van der Waals surface area contributed by atoms with Crippen LogP contribution in [-0.2, 0) is 7.05 Å². The van der Waals surface area contributed by atoms with E-state index in [0.29, 0.717) is 5.56 Å². The van der Waals surface area contributed by atoms with E-state index in [4.69, 9.17) is 5.26 Å². The maximum Gasteiger partial charge on any atom is 0.258 e. The molecule has 3 nitrogen and oxygen atoms in total. The summed E-state index contributed by atoms with van der Waals surface area (Å²) in [6.07, 6.45) is 2.85. The molecule has 2 rings (SSSR count). The zero-order chi connectivity index (χ0) is 11.5. The van der Waals surface area contributed by atoms with E-state index >= 15 is 0 Å². The average Bonchev–Trinajstić information content (AvgIpc) is 2.32. The van der Waals surface area contributed by atoms with Crippen LogP contribution >= 0.6 is 0 Å². The van der Waals surface area contributed by atoms with Crippen molar-refractivity contribution in [3.63, 3.8) is 0 Å². The first kappa shape index (κ1) is 10.2. The molecule has 0 saturated heterocycles. The Morgan fingerprint density at radius 1 is 1.38 bits per heavy atom. The van der Waals surface area contributed by atoms with Crippen molar-refractivity contribution < 1.29 is 0 Å². The third-order valence-electron chi connectivity index (χ3n) is 2.50. The Hall–Kier alpha value is -2.34. The van der Waals surface area contributed by atoms with Crippen molar-refractivity contribution in [2.75, 3.05) is 0 Å². The van der Waals surface area contributed by atoms with E-state index < -0.39 is 0 Å². The lowest BCUT2D eigenvalue weighted by molar-refractivity contribution is 0.903. The monoisotopic (exact) mass is 210 g/mol. The Kier molecular flexibility index (Phi) is 2.57. The molecular formula is C13H10N2O. The number of para-hydroxylation sites is 1. The van der Waals surface area contributed by atoms with Crippen LogP contribution in [0.2, 0.25) is 0 Å². The summed E-state index contributed by atoms with van der Waals surface area (Å²) in [5.41, 5.74) is 1.33. The molecule has 0 fully saturated rings. The molecular weight excluding hydrogens is 200 g/mol. The smallest absolute Gasteiger partial charge is 0.258 e. The number of benzene rings is 1. The second-order valence-corrected chi connectivity index (χ2v) is 3.49. The van der Waals surface area contributed by atoms with Gasteiger partial charge in [0.1, 0.15) is 0 Å². The van der Waals surface area contributed by atoms with Crippen molar-refractivity contribution in [2.45, 2.75) is 0 Å². The highest BCUT2D eigenvalue weighted by atomic mass is 16.1. The standard InChI is InChI=1S/C13H10N2O/c1-15-12-7-3-2-5-10(12)9-11(13(15)16)6-4-8-14/h2-7,9H,1H3/b6-4+. The first-order valence-electron chi connectivity index (χ1n) is 4.89. The normalized spacial score (nSPS) is 10.8. The van der Waals surface area contributed by atoms with Gasteiger partial charge in [0.05, 0.1) is 11.6 Å². The molecule has 16 heavy (non-hydrogen) atoms. The maximum atomic E-state index is 11.9. The molecule has 1 aromatic heterocycles. The van der Waals surface area contributed by atoms with Crippen LogP contribution in [0.1, 0.15) is 5.56 Å². The summed E-state index contributed by atoms with van der Waals surface area (Å²) >= 11 is 0. The van der Waals surface area contributed by atoms with E-state index in [1.807, 2.05) is 30.3 Å². The van der Waals surface area contributed by atoms with Gasteiger partial charge in [-0.1, -0.05) is 18.2 Å². The van der Waals surface area contributed by atoms with Crippen LogP contribution in [0.3, 0.4) is 0 Å². The number of pyridine rings is 1. The molecule has 0 amide bonds. The van der Waals surface area contributed by atoms with E-state index in [2.05, 4.69) is 0 Å². The molecule has 0 bridgehead atoms. The zero-order valence-corrected chi connectivity index (χ0v) is 8.84. The van der Waals surface area contributed by atoms with Crippen molar-refractivity contribution in [3.8, 4) is 6.07 Å². The molecule has 0 radical (unpaired) electrons. The quantitative estimate of drug-likeness (QED) is 0.676. The Morgan fingerprint density at radius 2 is 2.12 bits per heavy atom. The fraction of sp³-hybridized carbons (Fsp3) is 0.0769.